The Hall–Kier alpha value is -2.12. The van der Waals surface area contributed by atoms with E-state index in [0.29, 0.717) is 0 Å². The van der Waals surface area contributed by atoms with Gasteiger partial charge in [-0.05, 0) is 48.3 Å². The standard InChI is InChI=1S/C21H23N/c1-22(17-18-9-3-2-4-10-18)16-8-14-20-13-7-12-19-11-5-6-15-21(19)20/h2-7,9-13,15H,8,14,16-17H2,1H3. The Morgan fingerprint density at radius 3 is 2.36 bits per heavy atom. The van der Waals surface area contributed by atoms with E-state index in [1.54, 1.807) is 0 Å². The van der Waals surface area contributed by atoms with E-state index in [9.17, 15) is 0 Å². The highest BCUT2D eigenvalue weighted by Gasteiger charge is 2.03. The lowest BCUT2D eigenvalue weighted by molar-refractivity contribution is 0.322. The van der Waals surface area contributed by atoms with Crippen molar-refractivity contribution in [2.45, 2.75) is 19.4 Å². The molecule has 112 valence electrons. The average Bonchev–Trinajstić information content (AvgIpc) is 2.56. The van der Waals surface area contributed by atoms with Gasteiger partial charge in [0.15, 0.2) is 0 Å². The normalized spacial score (nSPS) is 11.2. The Labute approximate surface area is 133 Å². The van der Waals surface area contributed by atoms with E-state index in [4.69, 9.17) is 0 Å². The van der Waals surface area contributed by atoms with Gasteiger partial charge in [-0.2, -0.15) is 0 Å². The largest absolute Gasteiger partial charge is 0.302 e. The van der Waals surface area contributed by atoms with Crippen LogP contribution < -0.4 is 0 Å². The monoisotopic (exact) mass is 289 g/mol. The number of hydrogen-bond donors (Lipinski definition) is 0. The Kier molecular flexibility index (Phi) is 4.87. The van der Waals surface area contributed by atoms with E-state index in [-0.39, 0.29) is 0 Å². The van der Waals surface area contributed by atoms with Crippen LogP contribution >= 0.6 is 0 Å². The Morgan fingerprint density at radius 1 is 0.773 bits per heavy atom. The van der Waals surface area contributed by atoms with Gasteiger partial charge in [0.2, 0.25) is 0 Å². The summed E-state index contributed by atoms with van der Waals surface area (Å²) >= 11 is 0. The third kappa shape index (κ3) is 3.75. The van der Waals surface area contributed by atoms with Crippen LogP contribution in [0.25, 0.3) is 10.8 Å². The maximum Gasteiger partial charge on any atom is 0.0230 e. The smallest absolute Gasteiger partial charge is 0.0230 e. The number of benzene rings is 3. The lowest BCUT2D eigenvalue weighted by Gasteiger charge is -2.17. The molecule has 0 saturated heterocycles. The summed E-state index contributed by atoms with van der Waals surface area (Å²) in [5.74, 6) is 0. The fraction of sp³-hybridized carbons (Fsp3) is 0.238. The first-order valence-electron chi connectivity index (χ1n) is 8.02. The molecular weight excluding hydrogens is 266 g/mol. The van der Waals surface area contributed by atoms with Crippen LogP contribution in [0.3, 0.4) is 0 Å². The van der Waals surface area contributed by atoms with Crippen LogP contribution in [0.2, 0.25) is 0 Å². The molecule has 0 saturated carbocycles. The molecule has 3 aromatic rings. The van der Waals surface area contributed by atoms with Gasteiger partial charge < -0.3 is 4.90 Å². The molecule has 1 heteroatoms. The van der Waals surface area contributed by atoms with E-state index in [0.717, 1.165) is 19.5 Å². The molecule has 0 atom stereocenters. The van der Waals surface area contributed by atoms with Gasteiger partial charge in [0.05, 0.1) is 0 Å². The number of fused-ring (bicyclic) bond motifs is 1. The van der Waals surface area contributed by atoms with Crippen molar-refractivity contribution in [2.24, 2.45) is 0 Å². The molecule has 0 bridgehead atoms. The molecule has 0 radical (unpaired) electrons. The second kappa shape index (κ2) is 7.24. The van der Waals surface area contributed by atoms with Gasteiger partial charge in [-0.1, -0.05) is 72.8 Å². The van der Waals surface area contributed by atoms with E-state index in [2.05, 4.69) is 84.7 Å². The zero-order valence-electron chi connectivity index (χ0n) is 13.2. The summed E-state index contributed by atoms with van der Waals surface area (Å²) in [6.07, 6.45) is 2.33. The first-order valence-corrected chi connectivity index (χ1v) is 8.02. The molecule has 0 aliphatic heterocycles. The van der Waals surface area contributed by atoms with Crippen LogP contribution in [0.5, 0.6) is 0 Å². The molecule has 0 aliphatic carbocycles. The lowest BCUT2D eigenvalue weighted by atomic mass is 10.0. The fourth-order valence-electron chi connectivity index (χ4n) is 3.02. The third-order valence-electron chi connectivity index (χ3n) is 4.16. The van der Waals surface area contributed by atoms with E-state index in [1.165, 1.54) is 28.3 Å². The molecule has 0 heterocycles. The predicted molar refractivity (Wildman–Crippen MR) is 95.0 cm³/mol. The minimum Gasteiger partial charge on any atom is -0.302 e. The summed E-state index contributed by atoms with van der Waals surface area (Å²) in [6, 6.07) is 26.0. The van der Waals surface area contributed by atoms with Crippen molar-refractivity contribution < 1.29 is 0 Å². The lowest BCUT2D eigenvalue weighted by Crippen LogP contribution is -2.19. The summed E-state index contributed by atoms with van der Waals surface area (Å²) in [6.45, 7) is 2.15. The first kappa shape index (κ1) is 14.8. The highest BCUT2D eigenvalue weighted by molar-refractivity contribution is 5.85. The Balaban J connectivity index is 1.56. The van der Waals surface area contributed by atoms with E-state index >= 15 is 0 Å². The molecule has 3 aromatic carbocycles. The Morgan fingerprint density at radius 2 is 1.50 bits per heavy atom. The number of aryl methyl sites for hydroxylation is 1. The molecule has 0 fully saturated rings. The van der Waals surface area contributed by atoms with Crippen LogP contribution in [0, 0.1) is 0 Å². The van der Waals surface area contributed by atoms with Crippen molar-refractivity contribution >= 4 is 10.8 Å². The highest BCUT2D eigenvalue weighted by Crippen LogP contribution is 2.19. The first-order chi connectivity index (χ1) is 10.8. The molecule has 0 amide bonds. The highest BCUT2D eigenvalue weighted by atomic mass is 15.1. The maximum absolute atomic E-state index is 2.40. The van der Waals surface area contributed by atoms with Crippen molar-refractivity contribution in [2.75, 3.05) is 13.6 Å². The zero-order chi connectivity index (χ0) is 15.2. The minimum atomic E-state index is 1.02. The summed E-state index contributed by atoms with van der Waals surface area (Å²) in [7, 11) is 2.20. The molecule has 22 heavy (non-hydrogen) atoms. The average molecular weight is 289 g/mol. The van der Waals surface area contributed by atoms with Crippen molar-refractivity contribution in [1.29, 1.82) is 0 Å². The van der Waals surface area contributed by atoms with Crippen LogP contribution in [0.1, 0.15) is 17.5 Å². The van der Waals surface area contributed by atoms with Crippen LogP contribution in [0.4, 0.5) is 0 Å². The van der Waals surface area contributed by atoms with Crippen molar-refractivity contribution in [3.05, 3.63) is 83.9 Å². The van der Waals surface area contributed by atoms with Crippen LogP contribution in [-0.4, -0.2) is 18.5 Å². The van der Waals surface area contributed by atoms with Gasteiger partial charge in [-0.3, -0.25) is 0 Å². The Bertz CT molecular complexity index is 713. The zero-order valence-corrected chi connectivity index (χ0v) is 13.2. The van der Waals surface area contributed by atoms with Crippen molar-refractivity contribution in [1.82, 2.24) is 4.90 Å². The second-order valence-electron chi connectivity index (χ2n) is 5.97. The summed E-state index contributed by atoms with van der Waals surface area (Å²) in [5.41, 5.74) is 2.85. The van der Waals surface area contributed by atoms with Gasteiger partial charge in [0.25, 0.3) is 0 Å². The van der Waals surface area contributed by atoms with Gasteiger partial charge in [-0.25, -0.2) is 0 Å². The predicted octanol–water partition coefficient (Wildman–Crippen LogP) is 4.90. The topological polar surface area (TPSA) is 3.24 Å². The van der Waals surface area contributed by atoms with Gasteiger partial charge >= 0.3 is 0 Å². The SMILES string of the molecule is CN(CCCc1cccc2ccccc12)Cc1ccccc1. The molecule has 0 aliphatic rings. The molecule has 3 rings (SSSR count). The number of nitrogens with zero attached hydrogens (tertiary/aromatic N) is 1. The number of hydrogen-bond acceptors (Lipinski definition) is 1. The fourth-order valence-corrected chi connectivity index (χ4v) is 3.02. The number of rotatable bonds is 6. The molecule has 0 unspecified atom stereocenters. The molecular formula is C21H23N. The second-order valence-corrected chi connectivity index (χ2v) is 5.97. The minimum absolute atomic E-state index is 1.02. The van der Waals surface area contributed by atoms with E-state index in [1.807, 2.05) is 0 Å². The van der Waals surface area contributed by atoms with Crippen molar-refractivity contribution in [3.63, 3.8) is 0 Å². The van der Waals surface area contributed by atoms with Gasteiger partial charge in [0.1, 0.15) is 0 Å². The summed E-state index contributed by atoms with van der Waals surface area (Å²) < 4.78 is 0. The molecule has 1 nitrogen and oxygen atoms in total. The third-order valence-corrected chi connectivity index (χ3v) is 4.16. The van der Waals surface area contributed by atoms with Gasteiger partial charge in [-0.15, -0.1) is 0 Å². The molecule has 0 aromatic heterocycles. The quantitative estimate of drug-likeness (QED) is 0.623. The summed E-state index contributed by atoms with van der Waals surface area (Å²) in [5, 5.41) is 2.74. The molecule has 0 spiro atoms. The maximum atomic E-state index is 2.40. The van der Waals surface area contributed by atoms with Gasteiger partial charge in [0, 0.05) is 6.54 Å². The molecule has 0 N–H and O–H groups in total. The summed E-state index contributed by atoms with van der Waals surface area (Å²) in [4.78, 5) is 2.40. The van der Waals surface area contributed by atoms with E-state index < -0.39 is 0 Å². The van der Waals surface area contributed by atoms with Crippen LogP contribution in [-0.2, 0) is 13.0 Å². The van der Waals surface area contributed by atoms with Crippen molar-refractivity contribution in [3.8, 4) is 0 Å². The van der Waals surface area contributed by atoms with Crippen LogP contribution in [0.15, 0.2) is 72.8 Å².